The summed E-state index contributed by atoms with van der Waals surface area (Å²) in [5.41, 5.74) is 0.401. The topological polar surface area (TPSA) is 88.5 Å². The molecule has 1 rings (SSSR count). The summed E-state index contributed by atoms with van der Waals surface area (Å²) in [6.07, 6.45) is 4.03. The quantitative estimate of drug-likeness (QED) is 0.728. The van der Waals surface area contributed by atoms with Crippen molar-refractivity contribution in [3.8, 4) is 5.88 Å². The predicted octanol–water partition coefficient (Wildman–Crippen LogP) is 2.10. The first kappa shape index (κ1) is 16.9. The van der Waals surface area contributed by atoms with E-state index in [0.29, 0.717) is 30.3 Å². The van der Waals surface area contributed by atoms with E-state index in [4.69, 9.17) is 9.84 Å². The molecule has 0 aliphatic rings. The average molecular weight is 294 g/mol. The standard InChI is InChI=1S/C15H22N2O4/c1-3-11(6-7-13(18)19)8-10-16-14(20)12-5-4-9-17-15(12)21-2/h4-5,9,11H,3,6-8,10H2,1-2H3,(H,16,20)(H,18,19). The van der Waals surface area contributed by atoms with Gasteiger partial charge in [-0.1, -0.05) is 13.3 Å². The van der Waals surface area contributed by atoms with E-state index in [1.165, 1.54) is 7.11 Å². The van der Waals surface area contributed by atoms with Crippen LogP contribution in [0.25, 0.3) is 0 Å². The minimum absolute atomic E-state index is 0.170. The fourth-order valence-electron chi connectivity index (χ4n) is 2.09. The fraction of sp³-hybridized carbons (Fsp3) is 0.533. The van der Waals surface area contributed by atoms with E-state index in [1.54, 1.807) is 18.3 Å². The lowest BCUT2D eigenvalue weighted by Crippen LogP contribution is -2.26. The second kappa shape index (κ2) is 8.94. The van der Waals surface area contributed by atoms with Crippen molar-refractivity contribution in [2.24, 2.45) is 5.92 Å². The molecule has 0 radical (unpaired) electrons. The number of aromatic nitrogens is 1. The lowest BCUT2D eigenvalue weighted by Gasteiger charge is -2.14. The van der Waals surface area contributed by atoms with Crippen LogP contribution in [0.2, 0.25) is 0 Å². The summed E-state index contributed by atoms with van der Waals surface area (Å²) in [7, 11) is 1.47. The van der Waals surface area contributed by atoms with Crippen molar-refractivity contribution in [1.82, 2.24) is 10.3 Å². The molecule has 116 valence electrons. The number of methoxy groups -OCH3 is 1. The van der Waals surface area contributed by atoms with Crippen LogP contribution in [-0.2, 0) is 4.79 Å². The number of ether oxygens (including phenoxy) is 1. The van der Waals surface area contributed by atoms with Gasteiger partial charge in [-0.2, -0.15) is 0 Å². The Morgan fingerprint density at radius 1 is 1.43 bits per heavy atom. The molecule has 0 aliphatic carbocycles. The number of nitrogens with one attached hydrogen (secondary N) is 1. The van der Waals surface area contributed by atoms with Gasteiger partial charge in [0.05, 0.1) is 7.11 Å². The van der Waals surface area contributed by atoms with Crippen molar-refractivity contribution in [2.75, 3.05) is 13.7 Å². The highest BCUT2D eigenvalue weighted by Crippen LogP contribution is 2.16. The molecule has 2 N–H and O–H groups in total. The molecule has 21 heavy (non-hydrogen) atoms. The molecule has 0 spiro atoms. The lowest BCUT2D eigenvalue weighted by molar-refractivity contribution is -0.137. The first-order valence-corrected chi connectivity index (χ1v) is 7.07. The van der Waals surface area contributed by atoms with Gasteiger partial charge in [0.15, 0.2) is 0 Å². The molecule has 0 saturated heterocycles. The Labute approximate surface area is 124 Å². The van der Waals surface area contributed by atoms with Crippen molar-refractivity contribution in [3.05, 3.63) is 23.9 Å². The average Bonchev–Trinajstić information content (AvgIpc) is 2.50. The summed E-state index contributed by atoms with van der Waals surface area (Å²) in [6, 6.07) is 3.34. The number of carboxylic acids is 1. The van der Waals surface area contributed by atoms with Crippen molar-refractivity contribution in [2.45, 2.75) is 32.6 Å². The zero-order chi connectivity index (χ0) is 15.7. The summed E-state index contributed by atoms with van der Waals surface area (Å²) in [5, 5.41) is 11.5. The molecular weight excluding hydrogens is 272 g/mol. The Hall–Kier alpha value is -2.11. The van der Waals surface area contributed by atoms with Gasteiger partial charge >= 0.3 is 5.97 Å². The van der Waals surface area contributed by atoms with Crippen LogP contribution >= 0.6 is 0 Å². The van der Waals surface area contributed by atoms with Crippen LogP contribution in [0.3, 0.4) is 0 Å². The van der Waals surface area contributed by atoms with Crippen LogP contribution in [-0.4, -0.2) is 35.6 Å². The second-order valence-corrected chi connectivity index (χ2v) is 4.81. The third kappa shape index (κ3) is 5.81. The van der Waals surface area contributed by atoms with Crippen LogP contribution in [0.15, 0.2) is 18.3 Å². The number of rotatable bonds is 9. The van der Waals surface area contributed by atoms with Crippen LogP contribution in [0.1, 0.15) is 43.0 Å². The largest absolute Gasteiger partial charge is 0.481 e. The van der Waals surface area contributed by atoms with Gasteiger partial charge in [-0.25, -0.2) is 4.98 Å². The molecule has 0 bridgehead atoms. The highest BCUT2D eigenvalue weighted by molar-refractivity contribution is 5.96. The Bertz CT molecular complexity index is 476. The maximum absolute atomic E-state index is 12.0. The summed E-state index contributed by atoms with van der Waals surface area (Å²) in [6.45, 7) is 2.54. The molecule has 0 aromatic carbocycles. The molecule has 1 atom stereocenters. The summed E-state index contributed by atoms with van der Waals surface area (Å²) >= 11 is 0. The summed E-state index contributed by atoms with van der Waals surface area (Å²) < 4.78 is 5.04. The van der Waals surface area contributed by atoms with E-state index in [9.17, 15) is 9.59 Å². The van der Waals surface area contributed by atoms with Crippen LogP contribution in [0.4, 0.5) is 0 Å². The number of hydrogen-bond donors (Lipinski definition) is 2. The van der Waals surface area contributed by atoms with Crippen LogP contribution in [0, 0.1) is 5.92 Å². The highest BCUT2D eigenvalue weighted by atomic mass is 16.5. The van der Waals surface area contributed by atoms with Crippen molar-refractivity contribution in [3.63, 3.8) is 0 Å². The van der Waals surface area contributed by atoms with Gasteiger partial charge in [-0.05, 0) is 30.9 Å². The normalized spacial score (nSPS) is 11.7. The molecule has 1 aromatic heterocycles. The number of carbonyl (C=O) groups is 2. The molecule has 6 nitrogen and oxygen atoms in total. The minimum atomic E-state index is -0.780. The molecule has 1 unspecified atom stereocenters. The zero-order valence-corrected chi connectivity index (χ0v) is 12.5. The van der Waals surface area contributed by atoms with Crippen LogP contribution in [0.5, 0.6) is 5.88 Å². The molecule has 1 amide bonds. The van der Waals surface area contributed by atoms with Gasteiger partial charge in [-0.3, -0.25) is 9.59 Å². The number of carbonyl (C=O) groups excluding carboxylic acids is 1. The Kier molecular flexibility index (Phi) is 7.21. The van der Waals surface area contributed by atoms with E-state index in [1.807, 2.05) is 6.92 Å². The Morgan fingerprint density at radius 2 is 2.19 bits per heavy atom. The highest BCUT2D eigenvalue weighted by Gasteiger charge is 2.13. The van der Waals surface area contributed by atoms with Gasteiger partial charge in [0, 0.05) is 19.2 Å². The second-order valence-electron chi connectivity index (χ2n) is 4.81. The van der Waals surface area contributed by atoms with E-state index in [2.05, 4.69) is 10.3 Å². The smallest absolute Gasteiger partial charge is 0.303 e. The molecule has 0 saturated carbocycles. The monoisotopic (exact) mass is 294 g/mol. The van der Waals surface area contributed by atoms with Gasteiger partial charge in [-0.15, -0.1) is 0 Å². The predicted molar refractivity (Wildman–Crippen MR) is 78.4 cm³/mol. The maximum Gasteiger partial charge on any atom is 0.303 e. The van der Waals surface area contributed by atoms with E-state index >= 15 is 0 Å². The van der Waals surface area contributed by atoms with Crippen molar-refractivity contribution >= 4 is 11.9 Å². The van der Waals surface area contributed by atoms with Gasteiger partial charge in [0.25, 0.3) is 5.91 Å². The SMILES string of the molecule is CCC(CCNC(=O)c1cccnc1OC)CCC(=O)O. The zero-order valence-electron chi connectivity index (χ0n) is 12.5. The third-order valence-corrected chi connectivity index (χ3v) is 3.39. The number of carboxylic acid groups (broad SMARTS) is 1. The molecule has 0 fully saturated rings. The van der Waals surface area contributed by atoms with E-state index in [-0.39, 0.29) is 12.3 Å². The van der Waals surface area contributed by atoms with Crippen molar-refractivity contribution in [1.29, 1.82) is 0 Å². The van der Waals surface area contributed by atoms with E-state index < -0.39 is 5.97 Å². The number of aliphatic carboxylic acids is 1. The number of nitrogens with zero attached hydrogens (tertiary/aromatic N) is 1. The molecule has 0 aliphatic heterocycles. The number of amides is 1. The first-order valence-electron chi connectivity index (χ1n) is 7.07. The Morgan fingerprint density at radius 3 is 2.81 bits per heavy atom. The third-order valence-electron chi connectivity index (χ3n) is 3.39. The lowest BCUT2D eigenvalue weighted by atomic mass is 9.96. The van der Waals surface area contributed by atoms with Gasteiger partial charge in [0.1, 0.15) is 5.56 Å². The number of hydrogen-bond acceptors (Lipinski definition) is 4. The van der Waals surface area contributed by atoms with Gasteiger partial charge in [0.2, 0.25) is 5.88 Å². The van der Waals surface area contributed by atoms with Crippen LogP contribution < -0.4 is 10.1 Å². The molecular formula is C15H22N2O4. The molecule has 1 heterocycles. The summed E-state index contributed by atoms with van der Waals surface area (Å²) in [5.74, 6) is -0.407. The number of pyridine rings is 1. The summed E-state index contributed by atoms with van der Waals surface area (Å²) in [4.78, 5) is 26.6. The molecule has 1 aromatic rings. The maximum atomic E-state index is 12.0. The van der Waals surface area contributed by atoms with E-state index in [0.717, 1.165) is 12.8 Å². The van der Waals surface area contributed by atoms with Crippen molar-refractivity contribution < 1.29 is 19.4 Å². The molecule has 6 heteroatoms. The Balaban J connectivity index is 2.43. The minimum Gasteiger partial charge on any atom is -0.481 e. The fourth-order valence-corrected chi connectivity index (χ4v) is 2.09. The van der Waals surface area contributed by atoms with Gasteiger partial charge < -0.3 is 15.2 Å². The first-order chi connectivity index (χ1) is 10.1.